The lowest BCUT2D eigenvalue weighted by molar-refractivity contribution is 0.529. The molecular weight excluding hydrogens is 272 g/mol. The highest BCUT2D eigenvalue weighted by atomic mass is 15.2. The van der Waals surface area contributed by atoms with E-state index in [1.54, 1.807) is 6.20 Å². The van der Waals surface area contributed by atoms with Gasteiger partial charge < -0.3 is 10.2 Å². The molecule has 0 amide bonds. The molecule has 0 spiro atoms. The van der Waals surface area contributed by atoms with E-state index in [0.29, 0.717) is 17.4 Å². The summed E-state index contributed by atoms with van der Waals surface area (Å²) in [5, 5.41) is 12.8. The van der Waals surface area contributed by atoms with Crippen molar-refractivity contribution in [1.29, 1.82) is 5.26 Å². The highest BCUT2D eigenvalue weighted by molar-refractivity contribution is 5.56. The van der Waals surface area contributed by atoms with E-state index < -0.39 is 0 Å². The number of nitrogens with zero attached hydrogens (tertiary/aromatic N) is 3. The van der Waals surface area contributed by atoms with Gasteiger partial charge in [0.05, 0.1) is 5.56 Å². The van der Waals surface area contributed by atoms with Gasteiger partial charge in [-0.05, 0) is 43.5 Å². The molecule has 1 atom stereocenters. The first kappa shape index (κ1) is 14.4. The zero-order chi connectivity index (χ0) is 15.4. The van der Waals surface area contributed by atoms with Crippen molar-refractivity contribution in [3.8, 4) is 6.07 Å². The second kappa shape index (κ2) is 6.48. The van der Waals surface area contributed by atoms with Crippen LogP contribution in [0.25, 0.3) is 0 Å². The Bertz CT molecular complexity index is 675. The summed E-state index contributed by atoms with van der Waals surface area (Å²) in [5.41, 5.74) is 2.88. The average Bonchev–Trinajstić information content (AvgIpc) is 2.56. The van der Waals surface area contributed by atoms with Gasteiger partial charge in [-0.25, -0.2) is 4.98 Å². The van der Waals surface area contributed by atoms with Crippen molar-refractivity contribution < 1.29 is 0 Å². The van der Waals surface area contributed by atoms with Crippen LogP contribution in [-0.4, -0.2) is 24.1 Å². The Morgan fingerprint density at radius 3 is 2.86 bits per heavy atom. The number of aromatic nitrogens is 1. The number of anilines is 2. The number of hydrogen-bond acceptors (Lipinski definition) is 4. The van der Waals surface area contributed by atoms with Crippen molar-refractivity contribution in [2.45, 2.75) is 25.8 Å². The van der Waals surface area contributed by atoms with Crippen LogP contribution in [0.15, 0.2) is 42.6 Å². The molecule has 0 aliphatic carbocycles. The van der Waals surface area contributed by atoms with Crippen LogP contribution < -0.4 is 10.2 Å². The minimum atomic E-state index is 0.315. The summed E-state index contributed by atoms with van der Waals surface area (Å²) in [6, 6.07) is 14.9. The normalized spacial score (nSPS) is 17.8. The van der Waals surface area contributed by atoms with E-state index >= 15 is 0 Å². The topological polar surface area (TPSA) is 52.0 Å². The molecule has 0 saturated carbocycles. The summed E-state index contributed by atoms with van der Waals surface area (Å²) in [6.07, 6.45) is 4.00. The van der Waals surface area contributed by atoms with Crippen molar-refractivity contribution in [3.05, 3.63) is 53.7 Å². The zero-order valence-corrected chi connectivity index (χ0v) is 12.8. The van der Waals surface area contributed by atoms with E-state index in [1.165, 1.54) is 5.69 Å². The van der Waals surface area contributed by atoms with Gasteiger partial charge in [-0.1, -0.05) is 18.2 Å². The zero-order valence-electron chi connectivity index (χ0n) is 12.8. The number of aryl methyl sites for hydroxylation is 1. The summed E-state index contributed by atoms with van der Waals surface area (Å²) in [7, 11) is 0. The monoisotopic (exact) mass is 292 g/mol. The lowest BCUT2D eigenvalue weighted by atomic mass is 10.0. The van der Waals surface area contributed by atoms with Gasteiger partial charge in [-0.2, -0.15) is 5.26 Å². The molecule has 112 valence electrons. The minimum Gasteiger partial charge on any atom is -0.369 e. The van der Waals surface area contributed by atoms with Gasteiger partial charge in [0, 0.05) is 31.0 Å². The molecule has 1 unspecified atom stereocenters. The SMILES string of the molecule is Cc1ccnc(NC2CCCN(c3ccccc3)C2)c1C#N. The minimum absolute atomic E-state index is 0.315. The lowest BCUT2D eigenvalue weighted by Crippen LogP contribution is -2.42. The Morgan fingerprint density at radius 1 is 1.27 bits per heavy atom. The molecule has 0 radical (unpaired) electrons. The second-order valence-corrected chi connectivity index (χ2v) is 5.73. The molecule has 2 aromatic rings. The van der Waals surface area contributed by atoms with E-state index in [-0.39, 0.29) is 0 Å². The first-order valence-corrected chi connectivity index (χ1v) is 7.70. The fourth-order valence-electron chi connectivity index (χ4n) is 2.97. The van der Waals surface area contributed by atoms with Crippen LogP contribution in [0.3, 0.4) is 0 Å². The van der Waals surface area contributed by atoms with Crippen LogP contribution in [-0.2, 0) is 0 Å². The third kappa shape index (κ3) is 3.04. The quantitative estimate of drug-likeness (QED) is 0.942. The molecule has 4 nitrogen and oxygen atoms in total. The predicted octanol–water partition coefficient (Wildman–Crippen LogP) is 3.34. The van der Waals surface area contributed by atoms with Crippen LogP contribution in [0, 0.1) is 18.3 Å². The lowest BCUT2D eigenvalue weighted by Gasteiger charge is -2.35. The van der Waals surface area contributed by atoms with E-state index in [0.717, 1.165) is 31.5 Å². The Kier molecular flexibility index (Phi) is 4.24. The Balaban J connectivity index is 1.74. The fraction of sp³-hybridized carbons (Fsp3) is 0.333. The summed E-state index contributed by atoms with van der Waals surface area (Å²) in [5.74, 6) is 0.711. The Morgan fingerprint density at radius 2 is 2.09 bits per heavy atom. The van der Waals surface area contributed by atoms with Gasteiger partial charge in [0.1, 0.15) is 11.9 Å². The molecule has 22 heavy (non-hydrogen) atoms. The summed E-state index contributed by atoms with van der Waals surface area (Å²) >= 11 is 0. The largest absolute Gasteiger partial charge is 0.369 e. The first-order chi connectivity index (χ1) is 10.8. The molecule has 1 aromatic carbocycles. The predicted molar refractivity (Wildman–Crippen MR) is 89.0 cm³/mol. The van der Waals surface area contributed by atoms with Crippen molar-refractivity contribution >= 4 is 11.5 Å². The number of hydrogen-bond donors (Lipinski definition) is 1. The molecule has 1 fully saturated rings. The van der Waals surface area contributed by atoms with Crippen LogP contribution >= 0.6 is 0 Å². The smallest absolute Gasteiger partial charge is 0.144 e. The van der Waals surface area contributed by atoms with Crippen molar-refractivity contribution in [3.63, 3.8) is 0 Å². The van der Waals surface area contributed by atoms with E-state index in [2.05, 4.69) is 45.5 Å². The first-order valence-electron chi connectivity index (χ1n) is 7.70. The highest BCUT2D eigenvalue weighted by Crippen LogP contribution is 2.23. The van der Waals surface area contributed by atoms with E-state index in [1.807, 2.05) is 19.1 Å². The molecule has 4 heteroatoms. The summed E-state index contributed by atoms with van der Waals surface area (Å²) in [6.45, 7) is 3.96. The molecule has 1 aliphatic rings. The van der Waals surface area contributed by atoms with Crippen LogP contribution in [0.2, 0.25) is 0 Å². The fourth-order valence-corrected chi connectivity index (χ4v) is 2.97. The Labute approximate surface area is 131 Å². The van der Waals surface area contributed by atoms with Gasteiger partial charge >= 0.3 is 0 Å². The van der Waals surface area contributed by atoms with Gasteiger partial charge in [0.25, 0.3) is 0 Å². The molecule has 1 saturated heterocycles. The number of nitrogens with one attached hydrogen (secondary N) is 1. The van der Waals surface area contributed by atoms with Crippen molar-refractivity contribution in [2.75, 3.05) is 23.3 Å². The molecule has 1 aliphatic heterocycles. The van der Waals surface area contributed by atoms with Crippen molar-refractivity contribution in [1.82, 2.24) is 4.98 Å². The Hall–Kier alpha value is -2.54. The third-order valence-corrected chi connectivity index (χ3v) is 4.15. The molecular formula is C18H20N4. The number of pyridine rings is 1. The highest BCUT2D eigenvalue weighted by Gasteiger charge is 2.21. The van der Waals surface area contributed by atoms with E-state index in [9.17, 15) is 5.26 Å². The standard InChI is InChI=1S/C18H20N4/c1-14-9-10-20-18(17(14)12-19)21-15-6-5-11-22(13-15)16-7-3-2-4-8-16/h2-4,7-10,15H,5-6,11,13H2,1H3,(H,20,21). The van der Waals surface area contributed by atoms with Gasteiger partial charge in [-0.15, -0.1) is 0 Å². The maximum Gasteiger partial charge on any atom is 0.144 e. The second-order valence-electron chi connectivity index (χ2n) is 5.73. The molecule has 2 heterocycles. The maximum atomic E-state index is 9.32. The van der Waals surface area contributed by atoms with E-state index in [4.69, 9.17) is 0 Å². The number of para-hydroxylation sites is 1. The molecule has 1 N–H and O–H groups in total. The van der Waals surface area contributed by atoms with Crippen LogP contribution in [0.4, 0.5) is 11.5 Å². The van der Waals surface area contributed by atoms with Crippen LogP contribution in [0.1, 0.15) is 24.0 Å². The van der Waals surface area contributed by atoms with Crippen LogP contribution in [0.5, 0.6) is 0 Å². The number of benzene rings is 1. The number of piperidine rings is 1. The third-order valence-electron chi connectivity index (χ3n) is 4.15. The molecule has 1 aromatic heterocycles. The molecule has 3 rings (SSSR count). The van der Waals surface area contributed by atoms with Gasteiger partial charge in [0.2, 0.25) is 0 Å². The maximum absolute atomic E-state index is 9.32. The average molecular weight is 292 g/mol. The summed E-state index contributed by atoms with van der Waals surface area (Å²) < 4.78 is 0. The van der Waals surface area contributed by atoms with Crippen molar-refractivity contribution in [2.24, 2.45) is 0 Å². The number of rotatable bonds is 3. The molecule has 0 bridgehead atoms. The number of nitriles is 1. The summed E-state index contributed by atoms with van der Waals surface area (Å²) in [4.78, 5) is 6.74. The van der Waals surface area contributed by atoms with Gasteiger partial charge in [0.15, 0.2) is 0 Å². The van der Waals surface area contributed by atoms with Gasteiger partial charge in [-0.3, -0.25) is 0 Å².